The monoisotopic (exact) mass is 582 g/mol. The molecule has 3 aromatic carbocycles. The van der Waals surface area contributed by atoms with E-state index in [4.69, 9.17) is 39.4 Å². The van der Waals surface area contributed by atoms with Crippen LogP contribution in [0.3, 0.4) is 0 Å². The summed E-state index contributed by atoms with van der Waals surface area (Å²) in [4.78, 5) is 2.89. The molecule has 1 aromatic heterocycles. The zero-order valence-electron chi connectivity index (χ0n) is 25.6. The van der Waals surface area contributed by atoms with Gasteiger partial charge in [0.1, 0.15) is 11.5 Å². The molecule has 5 N–H and O–H groups in total. The van der Waals surface area contributed by atoms with Crippen LogP contribution >= 0.6 is 0 Å². The van der Waals surface area contributed by atoms with Crippen LogP contribution in [0.2, 0.25) is 0 Å². The maximum atomic E-state index is 9.13. The SMILES string of the molecule is CC1(C)Oc2ccc(O)cc2O1.COC(C)(C)OC.Cc1ccc(C)cc1.Oc1ccc(O)c(O)c1.c1cc[nH+]cc1. The molecule has 1 aliphatic rings. The fourth-order valence-corrected chi connectivity index (χ4v) is 2.79. The third-order valence-corrected chi connectivity index (χ3v) is 5.41. The van der Waals surface area contributed by atoms with Crippen molar-refractivity contribution in [1.29, 1.82) is 0 Å². The summed E-state index contributed by atoms with van der Waals surface area (Å²) in [6.07, 6.45) is 3.75. The number of rotatable bonds is 2. The lowest BCUT2D eigenvalue weighted by Gasteiger charge is -2.19. The zero-order chi connectivity index (χ0) is 31.8. The van der Waals surface area contributed by atoms with E-state index in [1.54, 1.807) is 32.4 Å². The first-order valence-electron chi connectivity index (χ1n) is 13.1. The Bertz CT molecular complexity index is 1260. The van der Waals surface area contributed by atoms with E-state index in [2.05, 4.69) is 43.1 Å². The van der Waals surface area contributed by atoms with E-state index in [1.807, 2.05) is 58.3 Å². The largest absolute Gasteiger partial charge is 0.508 e. The number of H-pyrrole nitrogens is 1. The molecule has 0 atom stereocenters. The summed E-state index contributed by atoms with van der Waals surface area (Å²) < 4.78 is 20.5. The molecule has 1 aliphatic heterocycles. The van der Waals surface area contributed by atoms with E-state index in [-0.39, 0.29) is 23.0 Å². The summed E-state index contributed by atoms with van der Waals surface area (Å²) in [5.74, 6) is -0.170. The minimum Gasteiger partial charge on any atom is -0.508 e. The molecule has 0 aliphatic carbocycles. The van der Waals surface area contributed by atoms with Gasteiger partial charge in [0, 0.05) is 52.3 Å². The molecule has 228 valence electrons. The number of ether oxygens (including phenoxy) is 4. The third kappa shape index (κ3) is 14.8. The molecule has 9 nitrogen and oxygen atoms in total. The van der Waals surface area contributed by atoms with Crippen LogP contribution in [0.15, 0.2) is 91.3 Å². The van der Waals surface area contributed by atoms with Gasteiger partial charge in [-0.3, -0.25) is 0 Å². The number of benzene rings is 3. The molecule has 0 saturated carbocycles. The van der Waals surface area contributed by atoms with Crippen molar-refractivity contribution in [1.82, 2.24) is 0 Å². The lowest BCUT2D eigenvalue weighted by Crippen LogP contribution is -2.29. The lowest BCUT2D eigenvalue weighted by molar-refractivity contribution is -0.377. The molecule has 0 bridgehead atoms. The fraction of sp³-hybridized carbons (Fsp3) is 0.303. The summed E-state index contributed by atoms with van der Waals surface area (Å²) in [5, 5.41) is 35.2. The zero-order valence-corrected chi connectivity index (χ0v) is 25.6. The standard InChI is InChI=1S/C9H10O3.C8H10.C6H6O3.C5H5N.C5H12O2/c1-9(2)11-7-4-3-6(10)5-8(7)12-9;1-7-3-5-8(2)6-4-7;7-4-1-2-5(8)6(9)3-4;1-2-4-6-5-3-1;1-5(2,6-3)7-4/h3-5,10H,1-2H3;3-6H,1-2H3;1-3,7-9H;1-5H;1-4H3/p+1. The van der Waals surface area contributed by atoms with Crippen LogP contribution in [-0.4, -0.2) is 46.2 Å². The average molecular weight is 583 g/mol. The van der Waals surface area contributed by atoms with Gasteiger partial charge < -0.3 is 39.4 Å². The van der Waals surface area contributed by atoms with Gasteiger partial charge in [-0.2, -0.15) is 0 Å². The smallest absolute Gasteiger partial charge is 0.246 e. The first-order chi connectivity index (χ1) is 19.7. The predicted molar refractivity (Wildman–Crippen MR) is 162 cm³/mol. The van der Waals surface area contributed by atoms with Crippen molar-refractivity contribution in [2.75, 3.05) is 14.2 Å². The Morgan fingerprint density at radius 1 is 0.643 bits per heavy atom. The number of phenolic OH excluding ortho intramolecular Hbond substituents is 4. The van der Waals surface area contributed by atoms with Gasteiger partial charge in [-0.05, 0) is 52.0 Å². The molecule has 4 aromatic rings. The number of hydrogen-bond donors (Lipinski definition) is 4. The summed E-state index contributed by atoms with van der Waals surface area (Å²) in [6, 6.07) is 22.7. The highest BCUT2D eigenvalue weighted by molar-refractivity contribution is 5.47. The highest BCUT2D eigenvalue weighted by atomic mass is 16.7. The average Bonchev–Trinajstić information content (AvgIpc) is 3.28. The molecule has 5 rings (SSSR count). The number of aromatic nitrogens is 1. The quantitative estimate of drug-likeness (QED) is 0.119. The maximum Gasteiger partial charge on any atom is 0.246 e. The molecule has 0 saturated heterocycles. The minimum atomic E-state index is -0.615. The van der Waals surface area contributed by atoms with Gasteiger partial charge in [-0.1, -0.05) is 41.5 Å². The topological polar surface area (TPSA) is 132 Å². The van der Waals surface area contributed by atoms with E-state index in [0.717, 1.165) is 6.07 Å². The summed E-state index contributed by atoms with van der Waals surface area (Å²) in [7, 11) is 3.23. The highest BCUT2D eigenvalue weighted by Crippen LogP contribution is 2.40. The highest BCUT2D eigenvalue weighted by Gasteiger charge is 2.31. The molecule has 9 heteroatoms. The van der Waals surface area contributed by atoms with Gasteiger partial charge in [-0.25, -0.2) is 4.98 Å². The molecule has 0 radical (unpaired) electrons. The van der Waals surface area contributed by atoms with Crippen molar-refractivity contribution >= 4 is 0 Å². The van der Waals surface area contributed by atoms with E-state index >= 15 is 0 Å². The Kier molecular flexibility index (Phi) is 14.7. The van der Waals surface area contributed by atoms with Crippen molar-refractivity contribution in [2.45, 2.75) is 53.1 Å². The number of hydrogen-bond acceptors (Lipinski definition) is 8. The summed E-state index contributed by atoms with van der Waals surface area (Å²) in [5.41, 5.74) is 2.66. The van der Waals surface area contributed by atoms with E-state index in [1.165, 1.54) is 23.3 Å². The second-order valence-corrected chi connectivity index (χ2v) is 9.95. The molecule has 0 fully saturated rings. The number of fused-ring (bicyclic) bond motifs is 1. The Morgan fingerprint density at radius 2 is 1.12 bits per heavy atom. The number of methoxy groups -OCH3 is 2. The van der Waals surface area contributed by atoms with Crippen LogP contribution in [0.5, 0.6) is 34.5 Å². The first-order valence-corrected chi connectivity index (χ1v) is 13.1. The Hall–Kier alpha value is -4.47. The summed E-state index contributed by atoms with van der Waals surface area (Å²) >= 11 is 0. The van der Waals surface area contributed by atoms with Crippen molar-refractivity contribution in [3.8, 4) is 34.5 Å². The van der Waals surface area contributed by atoms with Gasteiger partial charge >= 0.3 is 0 Å². The van der Waals surface area contributed by atoms with Crippen LogP contribution < -0.4 is 14.5 Å². The van der Waals surface area contributed by atoms with E-state index in [9.17, 15) is 0 Å². The Morgan fingerprint density at radius 3 is 1.50 bits per heavy atom. The summed E-state index contributed by atoms with van der Waals surface area (Å²) in [6.45, 7) is 11.5. The van der Waals surface area contributed by atoms with E-state index < -0.39 is 11.6 Å². The second kappa shape index (κ2) is 17.4. The Balaban J connectivity index is 0.000000269. The van der Waals surface area contributed by atoms with Gasteiger partial charge in [0.2, 0.25) is 5.79 Å². The number of phenols is 4. The number of aromatic hydroxyl groups is 4. The number of pyridine rings is 1. The van der Waals surface area contributed by atoms with Crippen molar-refractivity contribution in [3.63, 3.8) is 0 Å². The molecular formula is C33H44NO8+. The molecule has 0 unspecified atom stereocenters. The predicted octanol–water partition coefficient (Wildman–Crippen LogP) is 6.52. The molecule has 42 heavy (non-hydrogen) atoms. The van der Waals surface area contributed by atoms with Crippen LogP contribution in [0, 0.1) is 13.8 Å². The van der Waals surface area contributed by atoms with Crippen molar-refractivity contribution < 1.29 is 44.4 Å². The van der Waals surface area contributed by atoms with Gasteiger partial charge in [-0.15, -0.1) is 0 Å². The molecule has 0 amide bonds. The second-order valence-electron chi connectivity index (χ2n) is 9.95. The lowest BCUT2D eigenvalue weighted by atomic mass is 10.2. The number of aromatic amines is 1. The van der Waals surface area contributed by atoms with Gasteiger partial charge in [0.25, 0.3) is 0 Å². The van der Waals surface area contributed by atoms with Crippen molar-refractivity contribution in [3.05, 3.63) is 102 Å². The molecule has 0 spiro atoms. The minimum absolute atomic E-state index is 0.0645. The van der Waals surface area contributed by atoms with Crippen LogP contribution in [0.25, 0.3) is 0 Å². The van der Waals surface area contributed by atoms with Crippen LogP contribution in [0.4, 0.5) is 0 Å². The third-order valence-electron chi connectivity index (χ3n) is 5.41. The van der Waals surface area contributed by atoms with Gasteiger partial charge in [0.05, 0.1) is 0 Å². The van der Waals surface area contributed by atoms with Crippen LogP contribution in [0.1, 0.15) is 38.8 Å². The van der Waals surface area contributed by atoms with Crippen LogP contribution in [-0.2, 0) is 9.47 Å². The van der Waals surface area contributed by atoms with Gasteiger partial charge in [0.15, 0.2) is 41.2 Å². The first kappa shape index (κ1) is 35.6. The number of nitrogens with one attached hydrogen (secondary N) is 1. The fourth-order valence-electron chi connectivity index (χ4n) is 2.79. The molecule has 2 heterocycles. The number of aryl methyl sites for hydroxylation is 2. The normalized spacial score (nSPS) is 12.0. The Labute approximate surface area is 248 Å². The molecular weight excluding hydrogens is 538 g/mol. The van der Waals surface area contributed by atoms with E-state index in [0.29, 0.717) is 11.5 Å². The maximum absolute atomic E-state index is 9.13. The van der Waals surface area contributed by atoms with Crippen molar-refractivity contribution in [2.24, 2.45) is 0 Å².